The van der Waals surface area contributed by atoms with Gasteiger partial charge in [-0.05, 0) is 36.4 Å². The van der Waals surface area contributed by atoms with Gasteiger partial charge in [-0.3, -0.25) is 0 Å². The first-order valence-electron chi connectivity index (χ1n) is 8.43. The number of benzene rings is 2. The second-order valence-electron chi connectivity index (χ2n) is 5.93. The predicted octanol–water partition coefficient (Wildman–Crippen LogP) is 4.14. The molecule has 0 atom stereocenters. The highest BCUT2D eigenvalue weighted by Crippen LogP contribution is 2.40. The Hall–Kier alpha value is -3.32. The minimum absolute atomic E-state index is 0.511. The van der Waals surface area contributed by atoms with Crippen LogP contribution in [-0.2, 0) is 0 Å². The fourth-order valence-corrected chi connectivity index (χ4v) is 3.08. The van der Waals surface area contributed by atoms with Gasteiger partial charge in [-0.2, -0.15) is 9.61 Å². The molecule has 28 heavy (non-hydrogen) atoms. The summed E-state index contributed by atoms with van der Waals surface area (Å²) < 4.78 is 17.9. The molecule has 0 amide bonds. The lowest BCUT2D eigenvalue weighted by Gasteiger charge is -2.13. The van der Waals surface area contributed by atoms with Crippen molar-refractivity contribution < 1.29 is 14.2 Å². The normalized spacial score (nSPS) is 10.9. The number of methoxy groups -OCH3 is 3. The van der Waals surface area contributed by atoms with E-state index in [1.165, 1.54) is 0 Å². The molecule has 0 N–H and O–H groups in total. The van der Waals surface area contributed by atoms with E-state index < -0.39 is 0 Å². The quantitative estimate of drug-likeness (QED) is 0.505. The first kappa shape index (κ1) is 18.1. The van der Waals surface area contributed by atoms with Gasteiger partial charge in [0.05, 0.1) is 27.0 Å². The molecule has 0 fully saturated rings. The van der Waals surface area contributed by atoms with Gasteiger partial charge in [0.2, 0.25) is 5.75 Å². The van der Waals surface area contributed by atoms with Crippen LogP contribution in [0.25, 0.3) is 28.3 Å². The standard InChI is InChI=1S/C20H17ClN4O3/c1-26-16-10-13(11-17(27-2)19(16)28-3)20-23-22-18-9-8-15(24-25(18)20)12-4-6-14(21)7-5-12/h4-11H,1-3H3. The molecule has 0 aliphatic rings. The van der Waals surface area contributed by atoms with Crippen molar-refractivity contribution in [3.8, 4) is 39.9 Å². The van der Waals surface area contributed by atoms with Gasteiger partial charge < -0.3 is 14.2 Å². The van der Waals surface area contributed by atoms with Crippen molar-refractivity contribution in [2.45, 2.75) is 0 Å². The summed E-state index contributed by atoms with van der Waals surface area (Å²) in [5.74, 6) is 2.13. The molecular formula is C20H17ClN4O3. The van der Waals surface area contributed by atoms with Crippen LogP contribution >= 0.6 is 11.6 Å². The summed E-state index contributed by atoms with van der Waals surface area (Å²) in [6.45, 7) is 0. The molecule has 142 valence electrons. The number of aromatic nitrogens is 4. The Balaban J connectivity index is 1.87. The average molecular weight is 397 g/mol. The Morgan fingerprint density at radius 3 is 2.07 bits per heavy atom. The third-order valence-corrected chi connectivity index (χ3v) is 4.58. The van der Waals surface area contributed by atoms with Crippen LogP contribution in [0, 0.1) is 0 Å². The van der Waals surface area contributed by atoms with Crippen molar-refractivity contribution in [2.24, 2.45) is 0 Å². The number of nitrogens with zero attached hydrogens (tertiary/aromatic N) is 4. The lowest BCUT2D eigenvalue weighted by atomic mass is 10.1. The van der Waals surface area contributed by atoms with Crippen LogP contribution in [0.3, 0.4) is 0 Å². The van der Waals surface area contributed by atoms with Crippen LogP contribution in [0.5, 0.6) is 17.2 Å². The zero-order chi connectivity index (χ0) is 19.7. The van der Waals surface area contributed by atoms with E-state index in [4.69, 9.17) is 30.9 Å². The molecule has 0 saturated heterocycles. The highest BCUT2D eigenvalue weighted by Gasteiger charge is 2.18. The topological polar surface area (TPSA) is 70.8 Å². The summed E-state index contributed by atoms with van der Waals surface area (Å²) in [5, 5.41) is 13.9. The smallest absolute Gasteiger partial charge is 0.203 e. The molecular weight excluding hydrogens is 380 g/mol. The molecule has 0 aliphatic heterocycles. The maximum Gasteiger partial charge on any atom is 0.203 e. The van der Waals surface area contributed by atoms with Crippen LogP contribution in [-0.4, -0.2) is 41.1 Å². The first-order chi connectivity index (χ1) is 13.6. The lowest BCUT2D eigenvalue weighted by molar-refractivity contribution is 0.324. The summed E-state index contributed by atoms with van der Waals surface area (Å²) in [6, 6.07) is 14.9. The van der Waals surface area contributed by atoms with E-state index in [-0.39, 0.29) is 0 Å². The predicted molar refractivity (Wildman–Crippen MR) is 106 cm³/mol. The van der Waals surface area contributed by atoms with E-state index in [1.807, 2.05) is 48.5 Å². The number of fused-ring (bicyclic) bond motifs is 1. The lowest BCUT2D eigenvalue weighted by Crippen LogP contribution is -1.99. The molecule has 0 bridgehead atoms. The van der Waals surface area contributed by atoms with Crippen molar-refractivity contribution in [1.29, 1.82) is 0 Å². The van der Waals surface area contributed by atoms with Gasteiger partial charge in [-0.25, -0.2) is 0 Å². The van der Waals surface area contributed by atoms with Gasteiger partial charge in [0.15, 0.2) is 23.0 Å². The zero-order valence-electron chi connectivity index (χ0n) is 15.5. The summed E-state index contributed by atoms with van der Waals surface area (Å²) in [7, 11) is 4.70. The fraction of sp³-hybridized carbons (Fsp3) is 0.150. The highest BCUT2D eigenvalue weighted by atomic mass is 35.5. The van der Waals surface area contributed by atoms with Crippen LogP contribution < -0.4 is 14.2 Å². The third-order valence-electron chi connectivity index (χ3n) is 4.33. The van der Waals surface area contributed by atoms with Gasteiger partial charge in [-0.1, -0.05) is 23.7 Å². The molecule has 8 heteroatoms. The minimum atomic E-state index is 0.511. The SMILES string of the molecule is COc1cc(-c2nnc3ccc(-c4ccc(Cl)cc4)nn23)cc(OC)c1OC. The summed E-state index contributed by atoms with van der Waals surface area (Å²) >= 11 is 5.98. The van der Waals surface area contributed by atoms with Gasteiger partial charge in [0.1, 0.15) is 0 Å². The van der Waals surface area contributed by atoms with E-state index in [2.05, 4.69) is 10.2 Å². The van der Waals surface area contributed by atoms with Crippen molar-refractivity contribution >= 4 is 17.2 Å². The average Bonchev–Trinajstić information content (AvgIpc) is 3.16. The van der Waals surface area contributed by atoms with E-state index in [1.54, 1.807) is 25.8 Å². The van der Waals surface area contributed by atoms with Crippen LogP contribution in [0.4, 0.5) is 0 Å². The maximum atomic E-state index is 5.98. The molecule has 7 nitrogen and oxygen atoms in total. The first-order valence-corrected chi connectivity index (χ1v) is 8.81. The number of ether oxygens (including phenoxy) is 3. The number of hydrogen-bond donors (Lipinski definition) is 0. The molecule has 4 aromatic rings. The van der Waals surface area contributed by atoms with E-state index >= 15 is 0 Å². The van der Waals surface area contributed by atoms with Crippen LogP contribution in [0.1, 0.15) is 0 Å². The van der Waals surface area contributed by atoms with E-state index in [9.17, 15) is 0 Å². The second-order valence-corrected chi connectivity index (χ2v) is 6.37. The molecule has 0 spiro atoms. The molecule has 0 aliphatic carbocycles. The van der Waals surface area contributed by atoms with Gasteiger partial charge in [-0.15, -0.1) is 10.2 Å². The molecule has 0 saturated carbocycles. The Morgan fingerprint density at radius 2 is 1.46 bits per heavy atom. The summed E-state index contributed by atoms with van der Waals surface area (Å²) in [5.41, 5.74) is 3.08. The third kappa shape index (κ3) is 3.10. The summed E-state index contributed by atoms with van der Waals surface area (Å²) in [4.78, 5) is 0. The number of halogens is 1. The summed E-state index contributed by atoms with van der Waals surface area (Å²) in [6.07, 6.45) is 0. The van der Waals surface area contributed by atoms with Gasteiger partial charge in [0, 0.05) is 16.1 Å². The van der Waals surface area contributed by atoms with E-state index in [0.717, 1.165) is 16.8 Å². The van der Waals surface area contributed by atoms with Gasteiger partial charge in [0.25, 0.3) is 0 Å². The molecule has 0 unspecified atom stereocenters. The van der Waals surface area contributed by atoms with Crippen molar-refractivity contribution in [1.82, 2.24) is 19.8 Å². The van der Waals surface area contributed by atoms with Crippen molar-refractivity contribution in [2.75, 3.05) is 21.3 Å². The Labute approximate surface area is 166 Å². The van der Waals surface area contributed by atoms with Crippen LogP contribution in [0.15, 0.2) is 48.5 Å². The molecule has 4 rings (SSSR count). The molecule has 0 radical (unpaired) electrons. The zero-order valence-corrected chi connectivity index (χ0v) is 16.3. The number of hydrogen-bond acceptors (Lipinski definition) is 6. The highest BCUT2D eigenvalue weighted by molar-refractivity contribution is 6.30. The number of rotatable bonds is 5. The largest absolute Gasteiger partial charge is 0.493 e. The minimum Gasteiger partial charge on any atom is -0.493 e. The van der Waals surface area contributed by atoms with Gasteiger partial charge >= 0.3 is 0 Å². The Bertz CT molecular complexity index is 1120. The monoisotopic (exact) mass is 396 g/mol. The molecule has 2 heterocycles. The van der Waals surface area contributed by atoms with Crippen LogP contribution in [0.2, 0.25) is 5.02 Å². The Kier molecular flexibility index (Phi) is 4.75. The fourth-order valence-electron chi connectivity index (χ4n) is 2.95. The Morgan fingerprint density at radius 1 is 0.786 bits per heavy atom. The van der Waals surface area contributed by atoms with Crippen molar-refractivity contribution in [3.05, 3.63) is 53.6 Å². The van der Waals surface area contributed by atoms with E-state index in [0.29, 0.717) is 33.7 Å². The maximum absolute atomic E-state index is 5.98. The molecule has 2 aromatic heterocycles. The van der Waals surface area contributed by atoms with Crippen molar-refractivity contribution in [3.63, 3.8) is 0 Å². The molecule has 2 aromatic carbocycles. The second kappa shape index (κ2) is 7.36.